The maximum atomic E-state index is 12.9. The molecule has 0 atom stereocenters. The van der Waals surface area contributed by atoms with Crippen LogP contribution in [0, 0.1) is 10.8 Å². The molecule has 0 spiro atoms. The van der Waals surface area contributed by atoms with Gasteiger partial charge in [-0.05, 0) is 35.4 Å². The smallest absolute Gasteiger partial charge is 0.326 e. The van der Waals surface area contributed by atoms with E-state index in [2.05, 4.69) is 0 Å². The molecule has 1 aliphatic heterocycles. The van der Waals surface area contributed by atoms with Crippen molar-refractivity contribution < 1.29 is 26.7 Å². The summed E-state index contributed by atoms with van der Waals surface area (Å²) in [5.74, 6) is -5.12. The predicted molar refractivity (Wildman–Crippen MR) is 85.8 cm³/mol. The summed E-state index contributed by atoms with van der Waals surface area (Å²) >= 11 is 0. The Labute approximate surface area is 149 Å². The number of likely N-dealkylation sites (tertiary alicyclic amines) is 1. The van der Waals surface area contributed by atoms with E-state index in [-0.39, 0.29) is 5.56 Å². The van der Waals surface area contributed by atoms with E-state index >= 15 is 0 Å². The van der Waals surface area contributed by atoms with Crippen LogP contribution in [0.2, 0.25) is 0 Å². The summed E-state index contributed by atoms with van der Waals surface area (Å²) in [6, 6.07) is 8.24. The number of rotatable bonds is 2. The van der Waals surface area contributed by atoms with Crippen LogP contribution < -0.4 is 5.49 Å². The summed E-state index contributed by atoms with van der Waals surface area (Å²) in [4.78, 5) is 13.1. The quantitative estimate of drug-likeness (QED) is 0.466. The summed E-state index contributed by atoms with van der Waals surface area (Å²) in [6.07, 6.45) is -3.90. The molecule has 1 aromatic carbocycles. The summed E-state index contributed by atoms with van der Waals surface area (Å²) in [7, 11) is 0. The van der Waals surface area contributed by atoms with E-state index in [0.717, 1.165) is 17.2 Å². The Morgan fingerprint density at radius 3 is 2.07 bits per heavy atom. The summed E-state index contributed by atoms with van der Waals surface area (Å²) < 4.78 is 64.3. The van der Waals surface area contributed by atoms with E-state index in [9.17, 15) is 26.7 Å². The van der Waals surface area contributed by atoms with Crippen LogP contribution >= 0.6 is 0 Å². The van der Waals surface area contributed by atoms with Crippen LogP contribution in [0.5, 0.6) is 0 Å². The maximum absolute atomic E-state index is 12.9. The van der Waals surface area contributed by atoms with Crippen molar-refractivity contribution in [1.29, 1.82) is 10.8 Å². The van der Waals surface area contributed by atoms with Crippen LogP contribution in [0.25, 0.3) is 11.1 Å². The Morgan fingerprint density at radius 1 is 1.00 bits per heavy atom. The minimum absolute atomic E-state index is 0.183. The van der Waals surface area contributed by atoms with Gasteiger partial charge in [0.15, 0.2) is 0 Å². The second kappa shape index (κ2) is 6.29. The van der Waals surface area contributed by atoms with Gasteiger partial charge < -0.3 is 4.90 Å². The first kappa shape index (κ1) is 18.7. The Kier molecular flexibility index (Phi) is 4.37. The first-order valence-corrected chi connectivity index (χ1v) is 7.69. The molecule has 1 aliphatic rings. The van der Waals surface area contributed by atoms with Crippen LogP contribution in [0.1, 0.15) is 10.4 Å². The molecule has 1 amide bonds. The largest absolute Gasteiger partial charge is 0.449 e. The first-order chi connectivity index (χ1) is 12.5. The molecule has 0 saturated carbocycles. The molecular weight excluding hydrogens is 371 g/mol. The number of amides is 1. The fourth-order valence-corrected chi connectivity index (χ4v) is 2.64. The number of hydrogen-bond donors (Lipinski definition) is 2. The fourth-order valence-electron chi connectivity index (χ4n) is 2.64. The van der Waals surface area contributed by atoms with Crippen LogP contribution in [-0.2, 0) is 0 Å². The number of nitrogens with one attached hydrogen (secondary N) is 2. The average Bonchev–Trinajstić information content (AvgIpc) is 2.58. The molecule has 5 nitrogen and oxygen atoms in total. The van der Waals surface area contributed by atoms with Crippen LogP contribution in [-0.4, -0.2) is 46.4 Å². The van der Waals surface area contributed by atoms with Crippen molar-refractivity contribution in [2.24, 2.45) is 0 Å². The van der Waals surface area contributed by atoms with E-state index in [0.29, 0.717) is 15.7 Å². The van der Waals surface area contributed by atoms with Crippen molar-refractivity contribution in [3.63, 3.8) is 0 Å². The number of aromatic nitrogens is 1. The monoisotopic (exact) mass is 384 g/mol. The maximum Gasteiger partial charge on any atom is 0.449 e. The molecule has 27 heavy (non-hydrogen) atoms. The second-order valence-electron chi connectivity index (χ2n) is 6.11. The van der Waals surface area contributed by atoms with Gasteiger partial charge >= 0.3 is 6.18 Å². The van der Waals surface area contributed by atoms with E-state index in [1.807, 2.05) is 0 Å². The highest BCUT2D eigenvalue weighted by molar-refractivity contribution is 5.95. The third-order valence-electron chi connectivity index (χ3n) is 4.05. The Bertz CT molecular complexity index is 955. The average molecular weight is 384 g/mol. The lowest BCUT2D eigenvalue weighted by Gasteiger charge is -2.38. The molecule has 1 aromatic heterocycles. The highest BCUT2D eigenvalue weighted by Crippen LogP contribution is 2.28. The number of carbonyl (C=O) groups excluding carboxylic acids is 1. The lowest BCUT2D eigenvalue weighted by Crippen LogP contribution is -2.58. The lowest BCUT2D eigenvalue weighted by molar-refractivity contribution is -0.113. The van der Waals surface area contributed by atoms with Crippen LogP contribution in [0.4, 0.5) is 22.0 Å². The minimum Gasteiger partial charge on any atom is -0.326 e. The van der Waals surface area contributed by atoms with Gasteiger partial charge in [-0.1, -0.05) is 12.1 Å². The molecule has 142 valence electrons. The highest BCUT2D eigenvalue weighted by atomic mass is 19.4. The number of hydrogen-bond acceptors (Lipinski definition) is 3. The molecule has 3 rings (SSSR count). The van der Waals surface area contributed by atoms with Crippen molar-refractivity contribution in [2.75, 3.05) is 13.1 Å². The predicted octanol–water partition coefficient (Wildman–Crippen LogP) is 3.11. The molecule has 0 bridgehead atoms. The van der Waals surface area contributed by atoms with E-state index in [1.165, 1.54) is 30.3 Å². The first-order valence-electron chi connectivity index (χ1n) is 7.69. The van der Waals surface area contributed by atoms with Crippen molar-refractivity contribution in [1.82, 2.24) is 9.47 Å². The van der Waals surface area contributed by atoms with Gasteiger partial charge in [0.25, 0.3) is 11.8 Å². The topological polar surface area (TPSA) is 72.9 Å². The third-order valence-corrected chi connectivity index (χ3v) is 4.05. The number of nitrogens with zero attached hydrogens (tertiary/aromatic N) is 2. The zero-order valence-corrected chi connectivity index (χ0v) is 13.6. The zero-order chi connectivity index (χ0) is 20.0. The number of halogens is 5. The zero-order valence-electron chi connectivity index (χ0n) is 13.6. The number of benzene rings is 1. The fraction of sp³-hybridized carbons (Fsp3) is 0.235. The SMILES string of the molecule is N=C(n1cc(-c2ccc(C(=O)N3CC(F)(F)C3)cc2)ccc1=N)C(F)(F)F. The molecule has 0 aliphatic carbocycles. The van der Waals surface area contributed by atoms with Crippen molar-refractivity contribution in [3.8, 4) is 11.1 Å². The van der Waals surface area contributed by atoms with E-state index < -0.39 is 42.4 Å². The lowest BCUT2D eigenvalue weighted by atomic mass is 10.0. The third kappa shape index (κ3) is 3.74. The highest BCUT2D eigenvalue weighted by Gasteiger charge is 2.46. The molecule has 1 saturated heterocycles. The van der Waals surface area contributed by atoms with Gasteiger partial charge in [0.05, 0.1) is 13.1 Å². The van der Waals surface area contributed by atoms with Gasteiger partial charge in [-0.3, -0.25) is 20.2 Å². The molecule has 10 heteroatoms. The van der Waals surface area contributed by atoms with Crippen LogP contribution in [0.3, 0.4) is 0 Å². The summed E-state index contributed by atoms with van der Waals surface area (Å²) in [6.45, 7) is -1.28. The van der Waals surface area contributed by atoms with E-state index in [4.69, 9.17) is 10.8 Å². The molecule has 2 heterocycles. The van der Waals surface area contributed by atoms with Gasteiger partial charge in [0.1, 0.15) is 5.49 Å². The Morgan fingerprint density at radius 2 is 1.56 bits per heavy atom. The van der Waals surface area contributed by atoms with Gasteiger partial charge in [-0.2, -0.15) is 13.2 Å². The summed E-state index contributed by atoms with van der Waals surface area (Å²) in [5.41, 5.74) is 0.424. The minimum atomic E-state index is -4.91. The van der Waals surface area contributed by atoms with Crippen molar-refractivity contribution in [2.45, 2.75) is 12.1 Å². The van der Waals surface area contributed by atoms with Crippen LogP contribution in [0.15, 0.2) is 42.6 Å². The van der Waals surface area contributed by atoms with E-state index in [1.54, 1.807) is 0 Å². The summed E-state index contributed by atoms with van der Waals surface area (Å²) in [5, 5.41) is 14.7. The standard InChI is InChI=1S/C17H13F5N4O/c18-16(19)8-25(9-16)14(27)11-3-1-10(2-4-11)12-5-6-13(23)26(7-12)15(24)17(20,21)22/h1-7,23-24H,8-9H2. The number of pyridine rings is 1. The Hall–Kier alpha value is -3.04. The number of alkyl halides is 5. The van der Waals surface area contributed by atoms with Crippen molar-refractivity contribution >= 4 is 11.7 Å². The van der Waals surface area contributed by atoms with Gasteiger partial charge in [-0.25, -0.2) is 8.78 Å². The Balaban J connectivity index is 1.85. The van der Waals surface area contributed by atoms with Gasteiger partial charge in [-0.15, -0.1) is 0 Å². The van der Waals surface area contributed by atoms with Crippen molar-refractivity contribution in [3.05, 3.63) is 53.6 Å². The molecule has 0 unspecified atom stereocenters. The molecule has 1 fully saturated rings. The molecular formula is C17H13F5N4O. The molecule has 2 N–H and O–H groups in total. The molecule has 0 radical (unpaired) electrons. The normalized spacial score (nSPS) is 16.0. The molecule has 2 aromatic rings. The second-order valence-corrected chi connectivity index (χ2v) is 6.11. The van der Waals surface area contributed by atoms with Gasteiger partial charge in [0.2, 0.25) is 5.84 Å². The number of carbonyl (C=O) groups is 1. The van der Waals surface area contributed by atoms with Gasteiger partial charge in [0, 0.05) is 11.8 Å².